The number of amides is 1. The molecule has 1 atom stereocenters. The lowest BCUT2D eigenvalue weighted by atomic mass is 10.2. The molecule has 1 heterocycles. The number of nitrogens with zero attached hydrogens (tertiary/aromatic N) is 3. The summed E-state index contributed by atoms with van der Waals surface area (Å²) >= 11 is 0. The molecule has 1 rings (SSSR count). The minimum atomic E-state index is -0.0291. The number of aromatic nitrogens is 2. The summed E-state index contributed by atoms with van der Waals surface area (Å²) in [7, 11) is 3.57. The maximum absolute atomic E-state index is 12.0. The van der Waals surface area contributed by atoms with Gasteiger partial charge in [-0.25, -0.2) is 0 Å². The van der Waals surface area contributed by atoms with Crippen LogP contribution in [0.15, 0.2) is 6.20 Å². The van der Waals surface area contributed by atoms with Crippen molar-refractivity contribution < 1.29 is 4.79 Å². The molecule has 0 spiro atoms. The van der Waals surface area contributed by atoms with Gasteiger partial charge in [0.25, 0.3) is 5.91 Å². The summed E-state index contributed by atoms with van der Waals surface area (Å²) in [5.41, 5.74) is 7.03. The Hall–Kier alpha value is -1.36. The molecule has 1 amide bonds. The maximum Gasteiger partial charge on any atom is 0.257 e. The molecule has 1 aromatic rings. The Morgan fingerprint density at radius 3 is 2.73 bits per heavy atom. The Morgan fingerprint density at radius 2 is 2.33 bits per heavy atom. The molecular weight excluding hydrogens is 192 g/mol. The van der Waals surface area contributed by atoms with Crippen LogP contribution in [0.4, 0.5) is 0 Å². The highest BCUT2D eigenvalue weighted by molar-refractivity contribution is 5.95. The molecule has 5 nitrogen and oxygen atoms in total. The molecule has 0 saturated heterocycles. The zero-order chi connectivity index (χ0) is 11.6. The van der Waals surface area contributed by atoms with E-state index in [1.165, 1.54) is 0 Å². The van der Waals surface area contributed by atoms with Crippen LogP contribution in [-0.2, 0) is 7.05 Å². The third-order valence-corrected chi connectivity index (χ3v) is 2.79. The van der Waals surface area contributed by atoms with Gasteiger partial charge in [-0.05, 0) is 13.8 Å². The molecule has 0 saturated carbocycles. The van der Waals surface area contributed by atoms with Crippen molar-refractivity contribution in [3.63, 3.8) is 0 Å². The molecule has 5 heteroatoms. The molecule has 2 N–H and O–H groups in total. The molecule has 0 aliphatic heterocycles. The molecule has 0 aromatic carbocycles. The molecule has 0 fully saturated rings. The van der Waals surface area contributed by atoms with Crippen molar-refractivity contribution in [2.75, 3.05) is 13.6 Å². The van der Waals surface area contributed by atoms with Crippen molar-refractivity contribution in [1.82, 2.24) is 14.7 Å². The van der Waals surface area contributed by atoms with E-state index in [1.54, 1.807) is 22.8 Å². The fraction of sp³-hybridized carbons (Fsp3) is 0.600. The standard InChI is InChI=1S/C10H18N4O/c1-7(5-11)13(3)10(15)9-6-12-14(4)8(9)2/h6-7H,5,11H2,1-4H3. The van der Waals surface area contributed by atoms with Crippen molar-refractivity contribution in [2.24, 2.45) is 12.8 Å². The minimum absolute atomic E-state index is 0.0291. The fourth-order valence-corrected chi connectivity index (χ4v) is 1.26. The summed E-state index contributed by atoms with van der Waals surface area (Å²) < 4.78 is 1.69. The second-order valence-corrected chi connectivity index (χ2v) is 3.77. The van der Waals surface area contributed by atoms with Crippen molar-refractivity contribution in [2.45, 2.75) is 19.9 Å². The largest absolute Gasteiger partial charge is 0.338 e. The van der Waals surface area contributed by atoms with Crippen molar-refractivity contribution in [1.29, 1.82) is 0 Å². The predicted molar refractivity (Wildman–Crippen MR) is 58.6 cm³/mol. The van der Waals surface area contributed by atoms with Crippen molar-refractivity contribution in [3.8, 4) is 0 Å². The van der Waals surface area contributed by atoms with E-state index in [4.69, 9.17) is 5.73 Å². The van der Waals surface area contributed by atoms with Gasteiger partial charge in [-0.2, -0.15) is 5.10 Å². The van der Waals surface area contributed by atoms with Gasteiger partial charge in [0.1, 0.15) is 0 Å². The molecule has 0 bridgehead atoms. The average Bonchev–Trinajstić information content (AvgIpc) is 2.56. The third kappa shape index (κ3) is 2.18. The quantitative estimate of drug-likeness (QED) is 0.772. The first-order chi connectivity index (χ1) is 6.99. The smallest absolute Gasteiger partial charge is 0.257 e. The monoisotopic (exact) mass is 210 g/mol. The van der Waals surface area contributed by atoms with E-state index in [9.17, 15) is 4.79 Å². The van der Waals surface area contributed by atoms with Crippen LogP contribution in [0.1, 0.15) is 23.0 Å². The minimum Gasteiger partial charge on any atom is -0.338 e. The van der Waals surface area contributed by atoms with E-state index >= 15 is 0 Å². The Balaban J connectivity index is 2.90. The number of nitrogens with two attached hydrogens (primary N) is 1. The first-order valence-electron chi connectivity index (χ1n) is 4.94. The average molecular weight is 210 g/mol. The number of likely N-dealkylation sites (N-methyl/N-ethyl adjacent to an activating group) is 1. The second kappa shape index (κ2) is 4.44. The van der Waals surface area contributed by atoms with E-state index in [-0.39, 0.29) is 11.9 Å². The lowest BCUT2D eigenvalue weighted by Gasteiger charge is -2.23. The van der Waals surface area contributed by atoms with Gasteiger partial charge in [0, 0.05) is 32.4 Å². The zero-order valence-electron chi connectivity index (χ0n) is 9.69. The first-order valence-corrected chi connectivity index (χ1v) is 4.94. The van der Waals surface area contributed by atoms with Crippen LogP contribution in [-0.4, -0.2) is 40.2 Å². The molecule has 0 radical (unpaired) electrons. The van der Waals surface area contributed by atoms with Crippen molar-refractivity contribution >= 4 is 5.91 Å². The first kappa shape index (κ1) is 11.7. The van der Waals surface area contributed by atoms with Gasteiger partial charge in [0.05, 0.1) is 11.8 Å². The molecule has 84 valence electrons. The summed E-state index contributed by atoms with van der Waals surface area (Å²) in [5.74, 6) is -0.0291. The number of hydrogen-bond acceptors (Lipinski definition) is 3. The Labute approximate surface area is 89.9 Å². The summed E-state index contributed by atoms with van der Waals surface area (Å²) in [6.45, 7) is 4.26. The van der Waals surface area contributed by atoms with Crippen LogP contribution in [0.3, 0.4) is 0 Å². The van der Waals surface area contributed by atoms with Crippen molar-refractivity contribution in [3.05, 3.63) is 17.5 Å². The number of carbonyl (C=O) groups is 1. The number of aryl methyl sites for hydroxylation is 1. The normalized spacial score (nSPS) is 12.6. The van der Waals surface area contributed by atoms with Crippen LogP contribution < -0.4 is 5.73 Å². The Morgan fingerprint density at radius 1 is 1.73 bits per heavy atom. The van der Waals surface area contributed by atoms with E-state index in [0.717, 1.165) is 5.69 Å². The van der Waals surface area contributed by atoms with Gasteiger partial charge >= 0.3 is 0 Å². The molecule has 1 aromatic heterocycles. The van der Waals surface area contributed by atoms with Gasteiger partial charge in [-0.15, -0.1) is 0 Å². The van der Waals surface area contributed by atoms with Gasteiger partial charge in [0.15, 0.2) is 0 Å². The molecular formula is C10H18N4O. The second-order valence-electron chi connectivity index (χ2n) is 3.77. The van der Waals surface area contributed by atoms with Gasteiger partial charge in [0.2, 0.25) is 0 Å². The van der Waals surface area contributed by atoms with Gasteiger partial charge in [-0.3, -0.25) is 9.48 Å². The summed E-state index contributed by atoms with van der Waals surface area (Å²) in [6, 6.07) is 0.0390. The molecule has 15 heavy (non-hydrogen) atoms. The molecule has 0 aliphatic carbocycles. The molecule has 0 aliphatic rings. The SMILES string of the molecule is Cc1c(C(=O)N(C)C(C)CN)cnn1C. The summed E-state index contributed by atoms with van der Waals surface area (Å²) in [4.78, 5) is 13.6. The van der Waals surface area contributed by atoms with E-state index in [2.05, 4.69) is 5.10 Å². The highest BCUT2D eigenvalue weighted by atomic mass is 16.2. The highest BCUT2D eigenvalue weighted by Crippen LogP contribution is 2.10. The summed E-state index contributed by atoms with van der Waals surface area (Å²) in [5, 5.41) is 4.04. The topological polar surface area (TPSA) is 64.2 Å². The van der Waals surface area contributed by atoms with Crippen LogP contribution in [0.25, 0.3) is 0 Å². The maximum atomic E-state index is 12.0. The van der Waals surface area contributed by atoms with Crippen LogP contribution in [0, 0.1) is 6.92 Å². The number of carbonyl (C=O) groups excluding carboxylic acids is 1. The van der Waals surface area contributed by atoms with Crippen LogP contribution >= 0.6 is 0 Å². The van der Waals surface area contributed by atoms with Crippen LogP contribution in [0.2, 0.25) is 0 Å². The lowest BCUT2D eigenvalue weighted by Crippen LogP contribution is -2.39. The van der Waals surface area contributed by atoms with E-state index in [0.29, 0.717) is 12.1 Å². The van der Waals surface area contributed by atoms with E-state index < -0.39 is 0 Å². The predicted octanol–water partition coefficient (Wildman–Crippen LogP) is 0.148. The number of hydrogen-bond donors (Lipinski definition) is 1. The highest BCUT2D eigenvalue weighted by Gasteiger charge is 2.19. The third-order valence-electron chi connectivity index (χ3n) is 2.79. The lowest BCUT2D eigenvalue weighted by molar-refractivity contribution is 0.0747. The number of rotatable bonds is 3. The summed E-state index contributed by atoms with van der Waals surface area (Å²) in [6.07, 6.45) is 1.59. The van der Waals surface area contributed by atoms with Gasteiger partial charge < -0.3 is 10.6 Å². The van der Waals surface area contributed by atoms with E-state index in [1.807, 2.05) is 20.9 Å². The Kier molecular flexibility index (Phi) is 3.47. The Bertz CT molecular complexity index is 358. The molecule has 1 unspecified atom stereocenters. The fourth-order valence-electron chi connectivity index (χ4n) is 1.26. The van der Waals surface area contributed by atoms with Gasteiger partial charge in [-0.1, -0.05) is 0 Å². The van der Waals surface area contributed by atoms with Crippen LogP contribution in [0.5, 0.6) is 0 Å². The zero-order valence-corrected chi connectivity index (χ0v) is 9.69.